The molecule has 1 aromatic heterocycles. The van der Waals surface area contributed by atoms with E-state index in [1.807, 2.05) is 6.20 Å². The summed E-state index contributed by atoms with van der Waals surface area (Å²) in [6.07, 6.45) is 9.15. The van der Waals surface area contributed by atoms with Crippen LogP contribution in [0.3, 0.4) is 0 Å². The second-order valence-corrected chi connectivity index (χ2v) is 5.24. The minimum atomic E-state index is -0.406. The summed E-state index contributed by atoms with van der Waals surface area (Å²) < 4.78 is 2.09. The Labute approximate surface area is 97.5 Å². The number of hydrogen-bond acceptors (Lipinski definition) is 2. The zero-order chi connectivity index (χ0) is 11.6. The molecule has 1 fully saturated rings. The molecule has 16 heavy (non-hydrogen) atoms. The zero-order valence-electron chi connectivity index (χ0n) is 10.3. The molecule has 0 aliphatic heterocycles. The predicted octanol–water partition coefficient (Wildman–Crippen LogP) is 2.91. The molecule has 0 radical (unpaired) electrons. The summed E-state index contributed by atoms with van der Waals surface area (Å²) in [4.78, 5) is 4.34. The third kappa shape index (κ3) is 2.01. The SMILES string of the molecule is CCCn1ccnc1C(O)C1(C)CCCC1. The average Bonchev–Trinajstić information content (AvgIpc) is 2.88. The van der Waals surface area contributed by atoms with Gasteiger partial charge in [0.25, 0.3) is 0 Å². The van der Waals surface area contributed by atoms with Crippen LogP contribution < -0.4 is 0 Å². The molecule has 1 heterocycles. The van der Waals surface area contributed by atoms with Crippen LogP contribution in [-0.4, -0.2) is 14.7 Å². The minimum absolute atomic E-state index is 0.0385. The lowest BCUT2D eigenvalue weighted by molar-refractivity contribution is 0.0307. The number of aromatic nitrogens is 2. The van der Waals surface area contributed by atoms with Crippen LogP contribution in [0.4, 0.5) is 0 Å². The second kappa shape index (κ2) is 4.58. The number of rotatable bonds is 4. The molecule has 1 unspecified atom stereocenters. The first-order chi connectivity index (χ1) is 7.67. The van der Waals surface area contributed by atoms with Gasteiger partial charge in [-0.1, -0.05) is 26.7 Å². The van der Waals surface area contributed by atoms with E-state index in [1.54, 1.807) is 6.20 Å². The fraction of sp³-hybridized carbons (Fsp3) is 0.769. The highest BCUT2D eigenvalue weighted by atomic mass is 16.3. The molecule has 0 saturated heterocycles. The molecule has 0 aromatic carbocycles. The maximum atomic E-state index is 10.5. The highest BCUT2D eigenvalue weighted by molar-refractivity contribution is 5.03. The number of aliphatic hydroxyl groups excluding tert-OH is 1. The minimum Gasteiger partial charge on any atom is -0.385 e. The first-order valence-corrected chi connectivity index (χ1v) is 6.36. The monoisotopic (exact) mass is 222 g/mol. The largest absolute Gasteiger partial charge is 0.385 e. The topological polar surface area (TPSA) is 38.0 Å². The number of nitrogens with zero attached hydrogens (tertiary/aromatic N) is 2. The Morgan fingerprint density at radius 2 is 2.19 bits per heavy atom. The molecule has 1 aliphatic rings. The van der Waals surface area contributed by atoms with Gasteiger partial charge in [0.2, 0.25) is 0 Å². The van der Waals surface area contributed by atoms with Crippen molar-refractivity contribution in [2.24, 2.45) is 5.41 Å². The Bertz CT molecular complexity index is 339. The first-order valence-electron chi connectivity index (χ1n) is 6.36. The first kappa shape index (κ1) is 11.6. The molecule has 90 valence electrons. The van der Waals surface area contributed by atoms with Gasteiger partial charge in [-0.05, 0) is 19.3 Å². The lowest BCUT2D eigenvalue weighted by Crippen LogP contribution is -2.25. The molecular weight excluding hydrogens is 200 g/mol. The Morgan fingerprint density at radius 1 is 1.50 bits per heavy atom. The van der Waals surface area contributed by atoms with E-state index < -0.39 is 6.10 Å². The molecule has 2 rings (SSSR count). The van der Waals surface area contributed by atoms with Gasteiger partial charge in [0.05, 0.1) is 0 Å². The predicted molar refractivity (Wildman–Crippen MR) is 64.1 cm³/mol. The molecule has 1 atom stereocenters. The fourth-order valence-corrected chi connectivity index (χ4v) is 2.77. The van der Waals surface area contributed by atoms with Crippen molar-refractivity contribution in [1.82, 2.24) is 9.55 Å². The highest BCUT2D eigenvalue weighted by Gasteiger charge is 2.38. The van der Waals surface area contributed by atoms with Crippen LogP contribution in [0.15, 0.2) is 12.4 Å². The lowest BCUT2D eigenvalue weighted by Gasteiger charge is -2.29. The summed E-state index contributed by atoms with van der Waals surface area (Å²) in [5.74, 6) is 0.853. The van der Waals surface area contributed by atoms with Crippen molar-refractivity contribution >= 4 is 0 Å². The molecule has 3 nitrogen and oxygen atoms in total. The van der Waals surface area contributed by atoms with Crippen molar-refractivity contribution in [1.29, 1.82) is 0 Å². The van der Waals surface area contributed by atoms with Crippen molar-refractivity contribution in [2.45, 2.75) is 58.6 Å². The number of aliphatic hydroxyl groups is 1. The van der Waals surface area contributed by atoms with Crippen LogP contribution in [-0.2, 0) is 6.54 Å². The average molecular weight is 222 g/mol. The molecule has 1 aliphatic carbocycles. The third-order valence-corrected chi connectivity index (χ3v) is 3.86. The van der Waals surface area contributed by atoms with Crippen LogP contribution in [0.1, 0.15) is 57.9 Å². The Morgan fingerprint density at radius 3 is 2.81 bits per heavy atom. The van der Waals surface area contributed by atoms with Gasteiger partial charge in [0.15, 0.2) is 0 Å². The molecule has 1 aromatic rings. The summed E-state index contributed by atoms with van der Waals surface area (Å²) in [5, 5.41) is 10.5. The Hall–Kier alpha value is -0.830. The van der Waals surface area contributed by atoms with Crippen LogP contribution in [0.5, 0.6) is 0 Å². The summed E-state index contributed by atoms with van der Waals surface area (Å²) >= 11 is 0. The van der Waals surface area contributed by atoms with E-state index in [-0.39, 0.29) is 5.41 Å². The number of aryl methyl sites for hydroxylation is 1. The van der Waals surface area contributed by atoms with E-state index in [1.165, 1.54) is 12.8 Å². The van der Waals surface area contributed by atoms with E-state index in [4.69, 9.17) is 0 Å². The molecule has 0 spiro atoms. The third-order valence-electron chi connectivity index (χ3n) is 3.86. The van der Waals surface area contributed by atoms with Gasteiger partial charge in [0.1, 0.15) is 11.9 Å². The number of hydrogen-bond donors (Lipinski definition) is 1. The van der Waals surface area contributed by atoms with Crippen LogP contribution in [0, 0.1) is 5.41 Å². The summed E-state index contributed by atoms with van der Waals surface area (Å²) in [5.41, 5.74) is 0.0385. The molecule has 1 N–H and O–H groups in total. The van der Waals surface area contributed by atoms with Gasteiger partial charge >= 0.3 is 0 Å². The van der Waals surface area contributed by atoms with Gasteiger partial charge in [-0.3, -0.25) is 0 Å². The van der Waals surface area contributed by atoms with Crippen molar-refractivity contribution in [2.75, 3.05) is 0 Å². The second-order valence-electron chi connectivity index (χ2n) is 5.24. The van der Waals surface area contributed by atoms with Gasteiger partial charge in [-0.15, -0.1) is 0 Å². The number of imidazole rings is 1. The fourth-order valence-electron chi connectivity index (χ4n) is 2.77. The maximum Gasteiger partial charge on any atom is 0.138 e. The van der Waals surface area contributed by atoms with E-state index in [9.17, 15) is 5.11 Å². The van der Waals surface area contributed by atoms with Crippen LogP contribution in [0.25, 0.3) is 0 Å². The lowest BCUT2D eigenvalue weighted by atomic mass is 9.82. The normalized spacial score (nSPS) is 21.2. The Balaban J connectivity index is 2.19. The summed E-state index contributed by atoms with van der Waals surface area (Å²) in [6, 6.07) is 0. The zero-order valence-corrected chi connectivity index (χ0v) is 10.3. The van der Waals surface area contributed by atoms with Crippen LogP contribution in [0.2, 0.25) is 0 Å². The summed E-state index contributed by atoms with van der Waals surface area (Å²) in [6.45, 7) is 5.28. The van der Waals surface area contributed by atoms with Crippen molar-refractivity contribution in [3.05, 3.63) is 18.2 Å². The molecule has 0 bridgehead atoms. The molecular formula is C13H22N2O. The Kier molecular flexibility index (Phi) is 3.33. The van der Waals surface area contributed by atoms with Crippen molar-refractivity contribution in [3.63, 3.8) is 0 Å². The molecule has 0 amide bonds. The summed E-state index contributed by atoms with van der Waals surface area (Å²) in [7, 11) is 0. The standard InChI is InChI=1S/C13H22N2O/c1-3-9-15-10-8-14-12(15)11(16)13(2)6-4-5-7-13/h8,10-11,16H,3-7,9H2,1-2H3. The smallest absolute Gasteiger partial charge is 0.138 e. The van der Waals surface area contributed by atoms with E-state index >= 15 is 0 Å². The maximum absolute atomic E-state index is 10.5. The van der Waals surface area contributed by atoms with Crippen molar-refractivity contribution in [3.8, 4) is 0 Å². The van der Waals surface area contributed by atoms with Gasteiger partial charge in [-0.25, -0.2) is 4.98 Å². The quantitative estimate of drug-likeness (QED) is 0.850. The van der Waals surface area contributed by atoms with E-state index in [0.717, 1.165) is 31.6 Å². The van der Waals surface area contributed by atoms with Crippen molar-refractivity contribution < 1.29 is 5.11 Å². The van der Waals surface area contributed by atoms with Crippen LogP contribution >= 0.6 is 0 Å². The van der Waals surface area contributed by atoms with E-state index in [0.29, 0.717) is 0 Å². The van der Waals surface area contributed by atoms with Gasteiger partial charge in [-0.2, -0.15) is 0 Å². The van der Waals surface area contributed by atoms with Gasteiger partial charge in [0, 0.05) is 24.4 Å². The van der Waals surface area contributed by atoms with E-state index in [2.05, 4.69) is 23.4 Å². The molecule has 3 heteroatoms. The van der Waals surface area contributed by atoms with Gasteiger partial charge < -0.3 is 9.67 Å². The molecule has 1 saturated carbocycles. The highest BCUT2D eigenvalue weighted by Crippen LogP contribution is 2.46.